The number of rotatable bonds is 9. The molecule has 0 saturated carbocycles. The Labute approximate surface area is 152 Å². The zero-order valence-corrected chi connectivity index (χ0v) is 15.0. The maximum absolute atomic E-state index is 12.3. The lowest BCUT2D eigenvalue weighted by molar-refractivity contribution is -0.384. The van der Waals surface area contributed by atoms with E-state index in [1.54, 1.807) is 0 Å². The summed E-state index contributed by atoms with van der Waals surface area (Å²) in [6.07, 6.45) is 0.820. The maximum Gasteiger partial charge on any atom is 0.273 e. The Hall–Kier alpha value is -2.23. The van der Waals surface area contributed by atoms with Gasteiger partial charge < -0.3 is 20.1 Å². The van der Waals surface area contributed by atoms with Gasteiger partial charge in [0.25, 0.3) is 11.6 Å². The van der Waals surface area contributed by atoms with Crippen LogP contribution in [0.2, 0.25) is 0 Å². The fraction of sp³-hybridized carbons (Fsp3) is 0.588. The van der Waals surface area contributed by atoms with Crippen molar-refractivity contribution in [1.82, 2.24) is 15.1 Å². The van der Waals surface area contributed by atoms with E-state index in [0.29, 0.717) is 6.54 Å². The van der Waals surface area contributed by atoms with Crippen LogP contribution in [0, 0.1) is 10.1 Å². The second kappa shape index (κ2) is 10.0. The Morgan fingerprint density at radius 3 is 2.50 bits per heavy atom. The van der Waals surface area contributed by atoms with Crippen LogP contribution in [0.5, 0.6) is 5.75 Å². The number of carbonyl (C=O) groups is 1. The Bertz CT molecular complexity index is 617. The monoisotopic (exact) mass is 366 g/mol. The van der Waals surface area contributed by atoms with Gasteiger partial charge in [-0.2, -0.15) is 0 Å². The predicted molar refractivity (Wildman–Crippen MR) is 96.6 cm³/mol. The Morgan fingerprint density at radius 2 is 1.92 bits per heavy atom. The molecule has 0 aromatic heterocycles. The molecule has 9 nitrogen and oxygen atoms in total. The molecule has 26 heavy (non-hydrogen) atoms. The highest BCUT2D eigenvalue weighted by Gasteiger charge is 2.18. The van der Waals surface area contributed by atoms with Gasteiger partial charge in [0.2, 0.25) is 0 Å². The summed E-state index contributed by atoms with van der Waals surface area (Å²) in [4.78, 5) is 27.1. The van der Waals surface area contributed by atoms with Crippen LogP contribution < -0.4 is 10.1 Å². The van der Waals surface area contributed by atoms with Gasteiger partial charge in [0.05, 0.1) is 30.3 Å². The van der Waals surface area contributed by atoms with Gasteiger partial charge in [0.1, 0.15) is 5.75 Å². The second-order valence-electron chi connectivity index (χ2n) is 6.16. The summed E-state index contributed by atoms with van der Waals surface area (Å²) in [5, 5.41) is 22.6. The van der Waals surface area contributed by atoms with E-state index < -0.39 is 4.92 Å². The fourth-order valence-corrected chi connectivity index (χ4v) is 2.96. The van der Waals surface area contributed by atoms with Crippen LogP contribution in [0.25, 0.3) is 0 Å². The van der Waals surface area contributed by atoms with Crippen LogP contribution in [0.4, 0.5) is 5.69 Å². The number of aliphatic hydroxyl groups is 1. The number of hydrogen-bond donors (Lipinski definition) is 2. The van der Waals surface area contributed by atoms with Crippen molar-refractivity contribution in [2.24, 2.45) is 0 Å². The van der Waals surface area contributed by atoms with E-state index in [0.717, 1.165) is 45.7 Å². The van der Waals surface area contributed by atoms with E-state index in [-0.39, 0.29) is 29.5 Å². The molecule has 0 unspecified atom stereocenters. The third kappa shape index (κ3) is 5.65. The van der Waals surface area contributed by atoms with Crippen LogP contribution >= 0.6 is 0 Å². The smallest absolute Gasteiger partial charge is 0.273 e. The number of non-ortho nitro benzene ring substituents is 1. The van der Waals surface area contributed by atoms with E-state index in [1.165, 1.54) is 25.3 Å². The molecule has 1 aromatic rings. The number of nitrogens with zero attached hydrogens (tertiary/aromatic N) is 3. The minimum absolute atomic E-state index is 0.112. The number of carbonyl (C=O) groups excluding carboxylic acids is 1. The van der Waals surface area contributed by atoms with Crippen molar-refractivity contribution in [2.45, 2.75) is 6.42 Å². The Balaban J connectivity index is 1.75. The number of piperazine rings is 1. The van der Waals surface area contributed by atoms with E-state index in [9.17, 15) is 14.9 Å². The molecular formula is C17H26N4O5. The first-order valence-electron chi connectivity index (χ1n) is 8.71. The lowest BCUT2D eigenvalue weighted by atomic mass is 10.1. The third-order valence-electron chi connectivity index (χ3n) is 4.46. The largest absolute Gasteiger partial charge is 0.496 e. The molecule has 1 fully saturated rings. The molecule has 144 valence electrons. The van der Waals surface area contributed by atoms with Gasteiger partial charge in [0.15, 0.2) is 0 Å². The molecule has 0 aliphatic carbocycles. The van der Waals surface area contributed by atoms with Gasteiger partial charge in [0, 0.05) is 45.3 Å². The predicted octanol–water partition coefficient (Wildman–Crippen LogP) is 0.333. The average Bonchev–Trinajstić information content (AvgIpc) is 2.66. The lowest BCUT2D eigenvalue weighted by Gasteiger charge is -2.34. The molecule has 2 rings (SSSR count). The number of β-amino-alcohol motifs (C(OH)–C–C–N with tert-alkyl or cyclic N) is 1. The standard InChI is InChI=1S/C17H26N4O5/c1-26-16-13-14(21(24)25)3-4-15(16)17(23)18-5-2-6-19-7-9-20(10-8-19)11-12-22/h3-4,13,22H,2,5-12H2,1H3,(H,18,23). The molecule has 1 saturated heterocycles. The number of hydrogen-bond acceptors (Lipinski definition) is 7. The topological polar surface area (TPSA) is 108 Å². The molecule has 1 aliphatic rings. The van der Waals surface area contributed by atoms with Crippen molar-refractivity contribution in [2.75, 3.05) is 59.5 Å². The van der Waals surface area contributed by atoms with Gasteiger partial charge in [-0.05, 0) is 19.0 Å². The number of nitro benzene ring substituents is 1. The van der Waals surface area contributed by atoms with Crippen molar-refractivity contribution in [3.8, 4) is 5.75 Å². The number of nitro groups is 1. The molecule has 2 N–H and O–H groups in total. The maximum atomic E-state index is 12.3. The van der Waals surface area contributed by atoms with E-state index in [1.807, 2.05) is 0 Å². The minimum Gasteiger partial charge on any atom is -0.496 e. The van der Waals surface area contributed by atoms with E-state index >= 15 is 0 Å². The van der Waals surface area contributed by atoms with Crippen molar-refractivity contribution >= 4 is 11.6 Å². The molecule has 9 heteroatoms. The Morgan fingerprint density at radius 1 is 1.27 bits per heavy atom. The molecule has 0 radical (unpaired) electrons. The van der Waals surface area contributed by atoms with Gasteiger partial charge >= 0.3 is 0 Å². The van der Waals surface area contributed by atoms with Crippen molar-refractivity contribution in [1.29, 1.82) is 0 Å². The number of methoxy groups -OCH3 is 1. The van der Waals surface area contributed by atoms with Crippen LogP contribution in [0.3, 0.4) is 0 Å². The minimum atomic E-state index is -0.523. The lowest BCUT2D eigenvalue weighted by Crippen LogP contribution is -2.47. The summed E-state index contributed by atoms with van der Waals surface area (Å²) >= 11 is 0. The number of benzene rings is 1. The van der Waals surface area contributed by atoms with Crippen LogP contribution in [0.15, 0.2) is 18.2 Å². The van der Waals surface area contributed by atoms with Crippen LogP contribution in [-0.2, 0) is 0 Å². The summed E-state index contributed by atoms with van der Waals surface area (Å²) in [5.41, 5.74) is 0.175. The first-order chi connectivity index (χ1) is 12.5. The zero-order chi connectivity index (χ0) is 18.9. The van der Waals surface area contributed by atoms with Crippen molar-refractivity contribution < 1.29 is 19.6 Å². The number of amides is 1. The molecule has 0 atom stereocenters. The van der Waals surface area contributed by atoms with Gasteiger partial charge in [-0.15, -0.1) is 0 Å². The molecule has 1 heterocycles. The fourth-order valence-electron chi connectivity index (χ4n) is 2.96. The average molecular weight is 366 g/mol. The van der Waals surface area contributed by atoms with Gasteiger partial charge in [-0.25, -0.2) is 0 Å². The Kier molecular flexibility index (Phi) is 7.76. The van der Waals surface area contributed by atoms with E-state index in [2.05, 4.69) is 15.1 Å². The zero-order valence-electron chi connectivity index (χ0n) is 15.0. The number of ether oxygens (including phenoxy) is 1. The first kappa shape index (κ1) is 20.1. The highest BCUT2D eigenvalue weighted by atomic mass is 16.6. The van der Waals surface area contributed by atoms with Gasteiger partial charge in [-0.3, -0.25) is 19.8 Å². The quantitative estimate of drug-likeness (QED) is 0.368. The number of nitrogens with one attached hydrogen (secondary N) is 1. The van der Waals surface area contributed by atoms with Crippen molar-refractivity contribution in [3.63, 3.8) is 0 Å². The summed E-state index contributed by atoms with van der Waals surface area (Å²) in [7, 11) is 1.38. The molecule has 1 aliphatic heterocycles. The SMILES string of the molecule is COc1cc([N+](=O)[O-])ccc1C(=O)NCCCN1CCN(CCO)CC1. The molecule has 1 aromatic carbocycles. The van der Waals surface area contributed by atoms with Crippen LogP contribution in [-0.4, -0.2) is 85.3 Å². The molecule has 0 bridgehead atoms. The molecule has 1 amide bonds. The normalized spacial score (nSPS) is 15.6. The molecular weight excluding hydrogens is 340 g/mol. The van der Waals surface area contributed by atoms with E-state index in [4.69, 9.17) is 9.84 Å². The van der Waals surface area contributed by atoms with Crippen LogP contribution in [0.1, 0.15) is 16.8 Å². The van der Waals surface area contributed by atoms with Crippen molar-refractivity contribution in [3.05, 3.63) is 33.9 Å². The summed E-state index contributed by atoms with van der Waals surface area (Å²) in [5.74, 6) is -0.110. The molecule has 0 spiro atoms. The number of aliphatic hydroxyl groups excluding tert-OH is 1. The summed E-state index contributed by atoms with van der Waals surface area (Å²) < 4.78 is 5.09. The first-order valence-corrected chi connectivity index (χ1v) is 8.71. The van der Waals surface area contributed by atoms with Gasteiger partial charge in [-0.1, -0.05) is 0 Å². The summed E-state index contributed by atoms with van der Waals surface area (Å²) in [6.45, 7) is 6.16. The second-order valence-corrected chi connectivity index (χ2v) is 6.16. The summed E-state index contributed by atoms with van der Waals surface area (Å²) in [6, 6.07) is 3.96. The highest BCUT2D eigenvalue weighted by molar-refractivity contribution is 5.97. The highest BCUT2D eigenvalue weighted by Crippen LogP contribution is 2.24. The third-order valence-corrected chi connectivity index (χ3v) is 4.46.